The van der Waals surface area contributed by atoms with Crippen molar-refractivity contribution < 1.29 is 0 Å². The molecule has 1 aliphatic rings. The summed E-state index contributed by atoms with van der Waals surface area (Å²) in [5, 5.41) is 0. The highest BCUT2D eigenvalue weighted by atomic mass is 15.3. The van der Waals surface area contributed by atoms with E-state index in [0.717, 1.165) is 12.2 Å². The van der Waals surface area contributed by atoms with Gasteiger partial charge in [-0.2, -0.15) is 0 Å². The summed E-state index contributed by atoms with van der Waals surface area (Å²) in [4.78, 5) is 10.6. The summed E-state index contributed by atoms with van der Waals surface area (Å²) in [5.41, 5.74) is 7.03. The zero-order chi connectivity index (χ0) is 11.0. The summed E-state index contributed by atoms with van der Waals surface area (Å²) in [5.74, 6) is 0.635. The van der Waals surface area contributed by atoms with Crippen LogP contribution in [0.15, 0.2) is 17.5 Å². The monoisotopic (exact) mass is 207 g/mol. The molecule has 15 heavy (non-hydrogen) atoms. The first-order chi connectivity index (χ1) is 7.11. The first-order valence-electron chi connectivity index (χ1n) is 5.15. The maximum Gasteiger partial charge on any atom is 0.192 e. The molecular weight excluding hydrogens is 190 g/mol. The zero-order valence-electron chi connectivity index (χ0n) is 9.38. The number of nitrogens with zero attached hydrogens (tertiary/aromatic N) is 4. The number of hydrogen-bond donors (Lipinski definition) is 1. The third-order valence-corrected chi connectivity index (χ3v) is 2.78. The number of aromatic nitrogens is 2. The molecule has 0 fully saturated rings. The highest BCUT2D eigenvalue weighted by Gasteiger charge is 2.30. The molecule has 5 nitrogen and oxygen atoms in total. The summed E-state index contributed by atoms with van der Waals surface area (Å²) in [6.07, 6.45) is 3.69. The van der Waals surface area contributed by atoms with Gasteiger partial charge < -0.3 is 15.2 Å². The molecule has 5 heteroatoms. The molecule has 1 aliphatic heterocycles. The number of rotatable bonds is 2. The topological polar surface area (TPSA) is 59.4 Å². The molecule has 1 aromatic rings. The molecule has 0 amide bonds. The van der Waals surface area contributed by atoms with Crippen molar-refractivity contribution >= 4 is 5.96 Å². The van der Waals surface area contributed by atoms with Crippen molar-refractivity contribution in [2.75, 3.05) is 6.54 Å². The summed E-state index contributed by atoms with van der Waals surface area (Å²) < 4.78 is 2.02. The van der Waals surface area contributed by atoms with E-state index in [-0.39, 0.29) is 6.04 Å². The lowest BCUT2D eigenvalue weighted by atomic mass is 10.1. The lowest BCUT2D eigenvalue weighted by Crippen LogP contribution is -2.41. The average molecular weight is 207 g/mol. The molecule has 1 unspecified atom stereocenters. The van der Waals surface area contributed by atoms with Crippen LogP contribution >= 0.6 is 0 Å². The van der Waals surface area contributed by atoms with Crippen molar-refractivity contribution in [2.24, 2.45) is 17.8 Å². The highest BCUT2D eigenvalue weighted by molar-refractivity contribution is 5.80. The van der Waals surface area contributed by atoms with E-state index in [1.807, 2.05) is 24.1 Å². The van der Waals surface area contributed by atoms with Crippen LogP contribution in [0, 0.1) is 0 Å². The van der Waals surface area contributed by atoms with Gasteiger partial charge in [0.15, 0.2) is 5.96 Å². The maximum atomic E-state index is 5.87. The fourth-order valence-electron chi connectivity index (χ4n) is 2.06. The Balaban J connectivity index is 2.29. The fraction of sp³-hybridized carbons (Fsp3) is 0.600. The molecule has 0 saturated carbocycles. The lowest BCUT2D eigenvalue weighted by Gasteiger charge is -2.30. The normalized spacial score (nSPS) is 21.2. The first kappa shape index (κ1) is 10.0. The van der Waals surface area contributed by atoms with Gasteiger partial charge in [0, 0.05) is 13.1 Å². The Morgan fingerprint density at radius 1 is 1.53 bits per heavy atom. The van der Waals surface area contributed by atoms with Crippen molar-refractivity contribution in [1.29, 1.82) is 0 Å². The van der Waals surface area contributed by atoms with Gasteiger partial charge >= 0.3 is 0 Å². The molecule has 0 aliphatic carbocycles. The van der Waals surface area contributed by atoms with E-state index >= 15 is 0 Å². The number of imidazole rings is 1. The Morgan fingerprint density at radius 3 is 2.80 bits per heavy atom. The molecule has 2 heterocycles. The van der Waals surface area contributed by atoms with Crippen LogP contribution in [0.1, 0.15) is 25.6 Å². The van der Waals surface area contributed by atoms with Gasteiger partial charge in [-0.25, -0.2) is 4.98 Å². The molecule has 0 aromatic carbocycles. The van der Waals surface area contributed by atoms with E-state index in [4.69, 9.17) is 5.73 Å². The Morgan fingerprint density at radius 2 is 2.27 bits per heavy atom. The predicted octanol–water partition coefficient (Wildman–Crippen LogP) is 0.500. The van der Waals surface area contributed by atoms with Gasteiger partial charge in [-0.1, -0.05) is 0 Å². The molecule has 0 saturated heterocycles. The molecule has 2 rings (SSSR count). The minimum absolute atomic E-state index is 0.234. The van der Waals surface area contributed by atoms with Crippen LogP contribution in [0.25, 0.3) is 0 Å². The number of guanidine groups is 1. The third-order valence-electron chi connectivity index (χ3n) is 2.78. The third kappa shape index (κ3) is 1.58. The summed E-state index contributed by atoms with van der Waals surface area (Å²) in [6, 6.07) is 0.591. The Bertz CT molecular complexity index is 379. The molecule has 1 atom stereocenters. The molecule has 82 valence electrons. The molecule has 0 spiro atoms. The number of aliphatic imine (C=N–C) groups is 1. The summed E-state index contributed by atoms with van der Waals surface area (Å²) >= 11 is 0. The number of nitrogens with two attached hydrogens (primary N) is 1. The SMILES string of the molecule is CC(C)N1C(N)=NCC1c1cncn1C. The second-order valence-electron chi connectivity index (χ2n) is 4.15. The van der Waals surface area contributed by atoms with Crippen LogP contribution in [-0.4, -0.2) is 33.0 Å². The molecule has 2 N–H and O–H groups in total. The molecular formula is C10H17N5. The van der Waals surface area contributed by atoms with Crippen LogP contribution in [0.5, 0.6) is 0 Å². The smallest absolute Gasteiger partial charge is 0.192 e. The van der Waals surface area contributed by atoms with Crippen LogP contribution < -0.4 is 5.73 Å². The van der Waals surface area contributed by atoms with Crippen molar-refractivity contribution in [3.63, 3.8) is 0 Å². The van der Waals surface area contributed by atoms with Gasteiger partial charge in [-0.05, 0) is 13.8 Å². The van der Waals surface area contributed by atoms with E-state index in [9.17, 15) is 0 Å². The van der Waals surface area contributed by atoms with E-state index in [1.54, 1.807) is 0 Å². The number of hydrogen-bond acceptors (Lipinski definition) is 4. The highest BCUT2D eigenvalue weighted by Crippen LogP contribution is 2.26. The second kappa shape index (κ2) is 3.56. The second-order valence-corrected chi connectivity index (χ2v) is 4.15. The van der Waals surface area contributed by atoms with Crippen LogP contribution in [-0.2, 0) is 7.05 Å². The first-order valence-corrected chi connectivity index (χ1v) is 5.15. The summed E-state index contributed by atoms with van der Waals surface area (Å²) in [7, 11) is 2.00. The van der Waals surface area contributed by atoms with Gasteiger partial charge in [0.05, 0.1) is 30.8 Å². The van der Waals surface area contributed by atoms with Crippen LogP contribution in [0.4, 0.5) is 0 Å². The van der Waals surface area contributed by atoms with Crippen molar-refractivity contribution in [3.05, 3.63) is 18.2 Å². The van der Waals surface area contributed by atoms with E-state index < -0.39 is 0 Å². The van der Waals surface area contributed by atoms with Gasteiger partial charge in [0.25, 0.3) is 0 Å². The van der Waals surface area contributed by atoms with Crippen LogP contribution in [0.3, 0.4) is 0 Å². The largest absolute Gasteiger partial charge is 0.370 e. The standard InChI is InChI=1S/C10H17N5/c1-7(2)15-9(5-13-10(15)11)8-4-12-6-14(8)3/h4,6-7,9H,5H2,1-3H3,(H2,11,13). The Kier molecular flexibility index (Phi) is 2.38. The van der Waals surface area contributed by atoms with Crippen molar-refractivity contribution in [2.45, 2.75) is 25.9 Å². The summed E-state index contributed by atoms with van der Waals surface area (Å²) in [6.45, 7) is 4.97. The van der Waals surface area contributed by atoms with E-state index in [2.05, 4.69) is 28.7 Å². The number of aryl methyl sites for hydroxylation is 1. The Hall–Kier alpha value is -1.52. The van der Waals surface area contributed by atoms with E-state index in [1.165, 1.54) is 0 Å². The van der Waals surface area contributed by atoms with Gasteiger partial charge in [0.2, 0.25) is 0 Å². The Labute approximate surface area is 89.6 Å². The average Bonchev–Trinajstić information content (AvgIpc) is 2.71. The molecule has 0 radical (unpaired) electrons. The van der Waals surface area contributed by atoms with Gasteiger partial charge in [-0.3, -0.25) is 4.99 Å². The molecule has 1 aromatic heterocycles. The minimum atomic E-state index is 0.234. The lowest BCUT2D eigenvalue weighted by molar-refractivity contribution is 0.281. The predicted molar refractivity (Wildman–Crippen MR) is 59.4 cm³/mol. The van der Waals surface area contributed by atoms with Gasteiger partial charge in [-0.15, -0.1) is 0 Å². The van der Waals surface area contributed by atoms with Crippen molar-refractivity contribution in [3.8, 4) is 0 Å². The van der Waals surface area contributed by atoms with Gasteiger partial charge in [0.1, 0.15) is 0 Å². The van der Waals surface area contributed by atoms with Crippen molar-refractivity contribution in [1.82, 2.24) is 14.5 Å². The van der Waals surface area contributed by atoms with E-state index in [0.29, 0.717) is 12.0 Å². The zero-order valence-corrected chi connectivity index (χ0v) is 9.38. The van der Waals surface area contributed by atoms with Crippen LogP contribution in [0.2, 0.25) is 0 Å². The fourth-order valence-corrected chi connectivity index (χ4v) is 2.06. The minimum Gasteiger partial charge on any atom is -0.370 e. The maximum absolute atomic E-state index is 5.87. The quantitative estimate of drug-likeness (QED) is 0.768. The molecule has 0 bridgehead atoms.